The van der Waals surface area contributed by atoms with Gasteiger partial charge in [-0.3, -0.25) is 4.79 Å². The molecule has 0 spiro atoms. The van der Waals surface area contributed by atoms with E-state index >= 15 is 0 Å². The molecule has 0 aliphatic heterocycles. The average molecular weight is 324 g/mol. The van der Waals surface area contributed by atoms with Gasteiger partial charge in [0.05, 0.1) is 16.9 Å². The van der Waals surface area contributed by atoms with Crippen molar-refractivity contribution in [1.82, 2.24) is 4.98 Å². The van der Waals surface area contributed by atoms with E-state index < -0.39 is 0 Å². The van der Waals surface area contributed by atoms with Crippen molar-refractivity contribution in [3.8, 4) is 0 Å². The van der Waals surface area contributed by atoms with Crippen molar-refractivity contribution in [3.63, 3.8) is 0 Å². The summed E-state index contributed by atoms with van der Waals surface area (Å²) in [5, 5.41) is 6.52. The Labute approximate surface area is 139 Å². The van der Waals surface area contributed by atoms with E-state index in [0.717, 1.165) is 11.4 Å². The molecular weight excluding hydrogens is 310 g/mol. The Balaban J connectivity index is 1.80. The smallest absolute Gasteiger partial charge is 0.257 e. The fraction of sp³-hybridized carbons (Fsp3) is 0. The second-order valence-corrected chi connectivity index (χ2v) is 5.25. The van der Waals surface area contributed by atoms with Crippen LogP contribution in [0.4, 0.5) is 17.1 Å². The van der Waals surface area contributed by atoms with Crippen molar-refractivity contribution >= 4 is 34.6 Å². The van der Waals surface area contributed by atoms with E-state index in [1.165, 1.54) is 6.20 Å². The van der Waals surface area contributed by atoms with Gasteiger partial charge < -0.3 is 10.6 Å². The lowest BCUT2D eigenvalue weighted by molar-refractivity contribution is 0.102. The Kier molecular flexibility index (Phi) is 4.54. The number of hydrogen-bond donors (Lipinski definition) is 2. The van der Waals surface area contributed by atoms with Crippen LogP contribution in [0.5, 0.6) is 0 Å². The zero-order valence-electron chi connectivity index (χ0n) is 12.2. The molecule has 2 aromatic carbocycles. The molecule has 1 aromatic heterocycles. The number of carbonyl (C=O) groups excluding carboxylic acids is 1. The monoisotopic (exact) mass is 323 g/mol. The van der Waals surface area contributed by atoms with Gasteiger partial charge in [-0.1, -0.05) is 41.9 Å². The molecule has 114 valence electrons. The molecule has 1 amide bonds. The van der Waals surface area contributed by atoms with Crippen LogP contribution in [0, 0.1) is 0 Å². The average Bonchev–Trinajstić information content (AvgIpc) is 2.58. The summed E-state index contributed by atoms with van der Waals surface area (Å²) in [6.07, 6.45) is 1.45. The van der Waals surface area contributed by atoms with Crippen LogP contribution in [-0.2, 0) is 0 Å². The fourth-order valence-electron chi connectivity index (χ4n) is 2.08. The molecular formula is C18H14ClN3O. The SMILES string of the molecule is O=C(Nc1ccccc1Nc1ccccc1)c1ccc(Cl)nc1. The number of rotatable bonds is 4. The normalized spacial score (nSPS) is 10.1. The Morgan fingerprint density at radius 2 is 1.57 bits per heavy atom. The number of halogens is 1. The Bertz CT molecular complexity index is 804. The second kappa shape index (κ2) is 6.94. The van der Waals surface area contributed by atoms with Crippen LogP contribution in [0.25, 0.3) is 0 Å². The van der Waals surface area contributed by atoms with Gasteiger partial charge in [0, 0.05) is 11.9 Å². The van der Waals surface area contributed by atoms with E-state index in [9.17, 15) is 4.79 Å². The Morgan fingerprint density at radius 3 is 2.26 bits per heavy atom. The summed E-state index contributed by atoms with van der Waals surface area (Å²) in [4.78, 5) is 16.2. The number of para-hydroxylation sites is 3. The molecule has 0 atom stereocenters. The predicted molar refractivity (Wildman–Crippen MR) is 93.4 cm³/mol. The van der Waals surface area contributed by atoms with Gasteiger partial charge in [-0.25, -0.2) is 4.98 Å². The molecule has 5 heteroatoms. The van der Waals surface area contributed by atoms with E-state index in [-0.39, 0.29) is 5.91 Å². The summed E-state index contributed by atoms with van der Waals surface area (Å²) in [5.74, 6) is -0.239. The summed E-state index contributed by atoms with van der Waals surface area (Å²) in [6.45, 7) is 0. The third-order valence-electron chi connectivity index (χ3n) is 3.22. The molecule has 0 saturated heterocycles. The van der Waals surface area contributed by atoms with E-state index in [1.54, 1.807) is 12.1 Å². The number of nitrogens with one attached hydrogen (secondary N) is 2. The van der Waals surface area contributed by atoms with Crippen LogP contribution in [0.2, 0.25) is 5.15 Å². The van der Waals surface area contributed by atoms with Crippen LogP contribution >= 0.6 is 11.6 Å². The second-order valence-electron chi connectivity index (χ2n) is 4.86. The lowest BCUT2D eigenvalue weighted by Crippen LogP contribution is -2.13. The summed E-state index contributed by atoms with van der Waals surface area (Å²) < 4.78 is 0. The predicted octanol–water partition coefficient (Wildman–Crippen LogP) is 4.73. The Morgan fingerprint density at radius 1 is 0.870 bits per heavy atom. The lowest BCUT2D eigenvalue weighted by Gasteiger charge is -2.13. The Hall–Kier alpha value is -2.85. The number of amides is 1. The highest BCUT2D eigenvalue weighted by Crippen LogP contribution is 2.25. The molecule has 1 heterocycles. The van der Waals surface area contributed by atoms with Crippen molar-refractivity contribution < 1.29 is 4.79 Å². The number of hydrogen-bond acceptors (Lipinski definition) is 3. The van der Waals surface area contributed by atoms with E-state index in [1.807, 2.05) is 54.6 Å². The number of anilines is 3. The van der Waals surface area contributed by atoms with Crippen molar-refractivity contribution in [2.75, 3.05) is 10.6 Å². The third kappa shape index (κ3) is 3.87. The van der Waals surface area contributed by atoms with Gasteiger partial charge >= 0.3 is 0 Å². The van der Waals surface area contributed by atoms with E-state index in [2.05, 4.69) is 15.6 Å². The zero-order valence-corrected chi connectivity index (χ0v) is 12.9. The molecule has 0 saturated carbocycles. The first-order valence-electron chi connectivity index (χ1n) is 7.06. The zero-order chi connectivity index (χ0) is 16.1. The largest absolute Gasteiger partial charge is 0.354 e. The van der Waals surface area contributed by atoms with Crippen LogP contribution in [0.1, 0.15) is 10.4 Å². The molecule has 0 unspecified atom stereocenters. The summed E-state index contributed by atoms with van der Waals surface area (Å²) >= 11 is 5.74. The number of benzene rings is 2. The van der Waals surface area contributed by atoms with Gasteiger partial charge in [0.15, 0.2) is 0 Å². The summed E-state index contributed by atoms with van der Waals surface area (Å²) in [7, 11) is 0. The lowest BCUT2D eigenvalue weighted by atomic mass is 10.2. The molecule has 0 aliphatic rings. The summed E-state index contributed by atoms with van der Waals surface area (Å²) in [6, 6.07) is 20.5. The quantitative estimate of drug-likeness (QED) is 0.682. The number of aromatic nitrogens is 1. The van der Waals surface area contributed by atoms with Crippen molar-refractivity contribution in [2.24, 2.45) is 0 Å². The fourth-order valence-corrected chi connectivity index (χ4v) is 2.19. The molecule has 23 heavy (non-hydrogen) atoms. The molecule has 0 radical (unpaired) electrons. The highest BCUT2D eigenvalue weighted by atomic mass is 35.5. The molecule has 3 aromatic rings. The first kappa shape index (κ1) is 15.1. The highest BCUT2D eigenvalue weighted by molar-refractivity contribution is 6.29. The van der Waals surface area contributed by atoms with Crippen LogP contribution in [0.15, 0.2) is 72.9 Å². The van der Waals surface area contributed by atoms with Gasteiger partial charge in [0.1, 0.15) is 5.15 Å². The first-order chi connectivity index (χ1) is 11.2. The van der Waals surface area contributed by atoms with Crippen LogP contribution < -0.4 is 10.6 Å². The van der Waals surface area contributed by atoms with Gasteiger partial charge in [-0.2, -0.15) is 0 Å². The first-order valence-corrected chi connectivity index (χ1v) is 7.44. The van der Waals surface area contributed by atoms with Gasteiger partial charge in [-0.05, 0) is 36.4 Å². The highest BCUT2D eigenvalue weighted by Gasteiger charge is 2.09. The summed E-state index contributed by atoms with van der Waals surface area (Å²) in [5.41, 5.74) is 2.90. The maximum absolute atomic E-state index is 12.3. The minimum Gasteiger partial charge on any atom is -0.354 e. The molecule has 3 rings (SSSR count). The van der Waals surface area contributed by atoms with Gasteiger partial charge in [-0.15, -0.1) is 0 Å². The standard InChI is InChI=1S/C18H14ClN3O/c19-17-11-10-13(12-20-17)18(23)22-16-9-5-4-8-15(16)21-14-6-2-1-3-7-14/h1-12,21H,(H,22,23). The van der Waals surface area contributed by atoms with Crippen molar-refractivity contribution in [2.45, 2.75) is 0 Å². The number of pyridine rings is 1. The topological polar surface area (TPSA) is 54.0 Å². The van der Waals surface area contributed by atoms with Gasteiger partial charge in [0.25, 0.3) is 5.91 Å². The maximum Gasteiger partial charge on any atom is 0.257 e. The number of nitrogens with zero attached hydrogens (tertiary/aromatic N) is 1. The van der Waals surface area contributed by atoms with E-state index in [4.69, 9.17) is 11.6 Å². The van der Waals surface area contributed by atoms with Crippen molar-refractivity contribution in [3.05, 3.63) is 83.6 Å². The van der Waals surface area contributed by atoms with Crippen LogP contribution in [0.3, 0.4) is 0 Å². The molecule has 0 bridgehead atoms. The number of carbonyl (C=O) groups is 1. The maximum atomic E-state index is 12.3. The molecule has 2 N–H and O–H groups in total. The van der Waals surface area contributed by atoms with Gasteiger partial charge in [0.2, 0.25) is 0 Å². The minimum atomic E-state index is -0.239. The minimum absolute atomic E-state index is 0.239. The van der Waals surface area contributed by atoms with Crippen LogP contribution in [-0.4, -0.2) is 10.9 Å². The van der Waals surface area contributed by atoms with E-state index in [0.29, 0.717) is 16.4 Å². The molecule has 0 aliphatic carbocycles. The van der Waals surface area contributed by atoms with Crippen molar-refractivity contribution in [1.29, 1.82) is 0 Å². The molecule has 4 nitrogen and oxygen atoms in total. The third-order valence-corrected chi connectivity index (χ3v) is 3.44. The molecule has 0 fully saturated rings.